The zero-order valence-electron chi connectivity index (χ0n) is 14.5. The van der Waals surface area contributed by atoms with Crippen molar-refractivity contribution in [1.82, 2.24) is 5.32 Å². The molecule has 0 aliphatic carbocycles. The largest absolute Gasteiger partial charge is 0.495 e. The van der Waals surface area contributed by atoms with E-state index in [-0.39, 0.29) is 24.2 Å². The Balaban J connectivity index is 0.00000243. The first-order valence-corrected chi connectivity index (χ1v) is 8.18. The van der Waals surface area contributed by atoms with Crippen molar-refractivity contribution in [3.8, 4) is 5.75 Å². The van der Waals surface area contributed by atoms with E-state index >= 15 is 0 Å². The first-order valence-electron chi connectivity index (χ1n) is 8.18. The van der Waals surface area contributed by atoms with Gasteiger partial charge in [0.1, 0.15) is 11.8 Å². The molecule has 1 fully saturated rings. The van der Waals surface area contributed by atoms with Crippen LogP contribution in [0.1, 0.15) is 22.3 Å². The Bertz CT molecular complexity index is 780. The van der Waals surface area contributed by atoms with E-state index in [0.717, 1.165) is 11.3 Å². The molecule has 138 valence electrons. The topological polar surface area (TPSA) is 84.7 Å². The van der Waals surface area contributed by atoms with Crippen molar-refractivity contribution >= 4 is 29.9 Å². The lowest BCUT2D eigenvalue weighted by Crippen LogP contribution is -2.41. The molecule has 26 heavy (non-hydrogen) atoms. The molecule has 0 aromatic heterocycles. The molecular weight excluding hydrogens is 354 g/mol. The fourth-order valence-corrected chi connectivity index (χ4v) is 2.94. The summed E-state index contributed by atoms with van der Waals surface area (Å²) in [4.78, 5) is 26.7. The minimum atomic E-state index is -0.536. The number of para-hydroxylation sites is 2. The summed E-state index contributed by atoms with van der Waals surface area (Å²) >= 11 is 0. The molecule has 0 saturated carbocycles. The van der Waals surface area contributed by atoms with Crippen LogP contribution in [0.4, 0.5) is 5.69 Å². The molecule has 2 aromatic rings. The number of amides is 2. The van der Waals surface area contributed by atoms with Crippen molar-refractivity contribution in [2.45, 2.75) is 19.0 Å². The van der Waals surface area contributed by atoms with Gasteiger partial charge in [-0.25, -0.2) is 0 Å². The predicted octanol–water partition coefficient (Wildman–Crippen LogP) is 2.11. The number of halogens is 1. The molecule has 3 rings (SSSR count). The summed E-state index contributed by atoms with van der Waals surface area (Å²) < 4.78 is 5.32. The van der Waals surface area contributed by atoms with Gasteiger partial charge in [0.25, 0.3) is 5.91 Å². The molecule has 2 aromatic carbocycles. The Morgan fingerprint density at radius 2 is 1.92 bits per heavy atom. The molecule has 6 nitrogen and oxygen atoms in total. The maximum atomic E-state index is 12.7. The molecule has 3 N–H and O–H groups in total. The van der Waals surface area contributed by atoms with Crippen molar-refractivity contribution in [1.29, 1.82) is 0 Å². The second-order valence-corrected chi connectivity index (χ2v) is 5.88. The van der Waals surface area contributed by atoms with E-state index in [9.17, 15) is 9.59 Å². The van der Waals surface area contributed by atoms with Crippen molar-refractivity contribution in [2.75, 3.05) is 18.6 Å². The predicted molar refractivity (Wildman–Crippen MR) is 103 cm³/mol. The van der Waals surface area contributed by atoms with Gasteiger partial charge in [0.15, 0.2) is 0 Å². The van der Waals surface area contributed by atoms with Crippen LogP contribution in [-0.4, -0.2) is 31.5 Å². The fourth-order valence-electron chi connectivity index (χ4n) is 2.94. The lowest BCUT2D eigenvalue weighted by Gasteiger charge is -2.19. The minimum Gasteiger partial charge on any atom is -0.495 e. The first-order chi connectivity index (χ1) is 12.1. The second kappa shape index (κ2) is 8.69. The lowest BCUT2D eigenvalue weighted by molar-refractivity contribution is -0.118. The smallest absolute Gasteiger partial charge is 0.251 e. The number of nitrogens with two attached hydrogens (primary N) is 1. The number of nitrogens with one attached hydrogen (secondary N) is 1. The molecule has 0 spiro atoms. The number of benzene rings is 2. The van der Waals surface area contributed by atoms with Crippen molar-refractivity contribution < 1.29 is 14.3 Å². The molecule has 1 saturated heterocycles. The zero-order chi connectivity index (χ0) is 17.8. The third kappa shape index (κ3) is 3.98. The standard InChI is InChI=1S/C19H21N3O3.ClH/c1-25-17-5-3-2-4-16(17)22-11-10-15(19(22)24)21-18(23)14-8-6-13(12-20)7-9-14;/h2-9,15H,10-12,20H2,1H3,(H,21,23);1H. The quantitative estimate of drug-likeness (QED) is 0.838. The second-order valence-electron chi connectivity index (χ2n) is 5.88. The number of hydrogen-bond donors (Lipinski definition) is 2. The van der Waals surface area contributed by atoms with E-state index in [4.69, 9.17) is 10.5 Å². The zero-order valence-corrected chi connectivity index (χ0v) is 15.3. The molecule has 1 heterocycles. The SMILES string of the molecule is COc1ccccc1N1CCC(NC(=O)c2ccc(CN)cc2)C1=O.Cl. The average Bonchev–Trinajstić information content (AvgIpc) is 3.02. The molecule has 1 atom stereocenters. The number of carbonyl (C=O) groups excluding carboxylic acids is 2. The van der Waals surface area contributed by atoms with Gasteiger partial charge in [-0.15, -0.1) is 12.4 Å². The molecule has 1 aliphatic rings. The van der Waals surface area contributed by atoms with E-state index < -0.39 is 6.04 Å². The molecule has 0 radical (unpaired) electrons. The normalized spacial score (nSPS) is 16.2. The number of rotatable bonds is 5. The van der Waals surface area contributed by atoms with Crippen molar-refractivity contribution in [3.63, 3.8) is 0 Å². The average molecular weight is 376 g/mol. The van der Waals surface area contributed by atoms with Crippen LogP contribution < -0.4 is 20.7 Å². The monoisotopic (exact) mass is 375 g/mol. The molecule has 2 amide bonds. The van der Waals surface area contributed by atoms with Crippen LogP contribution in [-0.2, 0) is 11.3 Å². The summed E-state index contributed by atoms with van der Waals surface area (Å²) in [5.74, 6) is 0.250. The number of hydrogen-bond acceptors (Lipinski definition) is 4. The maximum Gasteiger partial charge on any atom is 0.251 e. The van der Waals surface area contributed by atoms with E-state index in [2.05, 4.69) is 5.32 Å². The Kier molecular flexibility index (Phi) is 6.60. The Labute approximate surface area is 158 Å². The number of anilines is 1. The molecule has 1 unspecified atom stereocenters. The lowest BCUT2D eigenvalue weighted by atomic mass is 10.1. The van der Waals surface area contributed by atoms with Crippen LogP contribution in [0.25, 0.3) is 0 Å². The number of ether oxygens (including phenoxy) is 1. The molecule has 7 heteroatoms. The Morgan fingerprint density at radius 3 is 2.58 bits per heavy atom. The highest BCUT2D eigenvalue weighted by Gasteiger charge is 2.34. The number of nitrogens with zero attached hydrogens (tertiary/aromatic N) is 1. The highest BCUT2D eigenvalue weighted by atomic mass is 35.5. The van der Waals surface area contributed by atoms with Crippen LogP contribution in [0.15, 0.2) is 48.5 Å². The van der Waals surface area contributed by atoms with Crippen LogP contribution in [0.3, 0.4) is 0 Å². The van der Waals surface area contributed by atoms with Crippen molar-refractivity contribution in [2.24, 2.45) is 5.73 Å². The summed E-state index contributed by atoms with van der Waals surface area (Å²) in [6, 6.07) is 13.9. The van der Waals surface area contributed by atoms with Gasteiger partial charge in [-0.05, 0) is 36.2 Å². The van der Waals surface area contributed by atoms with Crippen molar-refractivity contribution in [3.05, 3.63) is 59.7 Å². The van der Waals surface area contributed by atoms with Crippen LogP contribution in [0, 0.1) is 0 Å². The Morgan fingerprint density at radius 1 is 1.23 bits per heavy atom. The van der Waals surface area contributed by atoms with Gasteiger partial charge in [-0.1, -0.05) is 24.3 Å². The number of carbonyl (C=O) groups is 2. The van der Waals surface area contributed by atoms with Crippen LogP contribution in [0.2, 0.25) is 0 Å². The summed E-state index contributed by atoms with van der Waals surface area (Å²) in [6.45, 7) is 0.965. The first kappa shape index (κ1) is 19.8. The van der Waals surface area contributed by atoms with E-state index in [1.54, 1.807) is 24.1 Å². The van der Waals surface area contributed by atoms with Crippen LogP contribution >= 0.6 is 12.4 Å². The Hall–Kier alpha value is -2.57. The third-order valence-electron chi connectivity index (χ3n) is 4.34. The van der Waals surface area contributed by atoms with Gasteiger partial charge in [0.05, 0.1) is 12.8 Å². The summed E-state index contributed by atoms with van der Waals surface area (Å²) in [5.41, 5.74) is 7.75. The van der Waals surface area contributed by atoms with Gasteiger partial charge >= 0.3 is 0 Å². The number of methoxy groups -OCH3 is 1. The highest BCUT2D eigenvalue weighted by molar-refractivity contribution is 6.04. The summed E-state index contributed by atoms with van der Waals surface area (Å²) in [7, 11) is 1.57. The maximum absolute atomic E-state index is 12.7. The third-order valence-corrected chi connectivity index (χ3v) is 4.34. The highest BCUT2D eigenvalue weighted by Crippen LogP contribution is 2.31. The van der Waals surface area contributed by atoms with Gasteiger partial charge in [-0.2, -0.15) is 0 Å². The minimum absolute atomic E-state index is 0. The molecule has 1 aliphatic heterocycles. The summed E-state index contributed by atoms with van der Waals surface area (Å²) in [5, 5.41) is 2.82. The summed E-state index contributed by atoms with van der Waals surface area (Å²) in [6.07, 6.45) is 0.559. The molecular formula is C19H22ClN3O3. The van der Waals surface area contributed by atoms with Gasteiger partial charge in [-0.3, -0.25) is 9.59 Å². The fraction of sp³-hybridized carbons (Fsp3) is 0.263. The van der Waals surface area contributed by atoms with E-state index in [1.165, 1.54) is 0 Å². The van der Waals surface area contributed by atoms with Gasteiger partial charge in [0.2, 0.25) is 5.91 Å². The van der Waals surface area contributed by atoms with Crippen LogP contribution in [0.5, 0.6) is 5.75 Å². The van der Waals surface area contributed by atoms with Gasteiger partial charge in [0, 0.05) is 18.7 Å². The van der Waals surface area contributed by atoms with E-state index in [0.29, 0.717) is 30.8 Å². The van der Waals surface area contributed by atoms with Gasteiger partial charge < -0.3 is 20.7 Å². The molecule has 0 bridgehead atoms. The van der Waals surface area contributed by atoms with E-state index in [1.807, 2.05) is 36.4 Å².